The summed E-state index contributed by atoms with van der Waals surface area (Å²) in [5.74, 6) is -0.694. The number of hydrogen-bond acceptors (Lipinski definition) is 5. The molecule has 1 amide bonds. The van der Waals surface area contributed by atoms with Crippen molar-refractivity contribution in [3.05, 3.63) is 53.6 Å². The molecule has 1 aliphatic rings. The normalized spacial score (nSPS) is 13.6. The lowest BCUT2D eigenvalue weighted by Gasteiger charge is -2.30. The van der Waals surface area contributed by atoms with Gasteiger partial charge in [0.05, 0.1) is 17.0 Å². The van der Waals surface area contributed by atoms with Crippen LogP contribution >= 0.6 is 0 Å². The van der Waals surface area contributed by atoms with E-state index in [9.17, 15) is 18.0 Å². The molecule has 1 N–H and O–H groups in total. The van der Waals surface area contributed by atoms with Crippen LogP contribution in [0.4, 0.5) is 11.4 Å². The summed E-state index contributed by atoms with van der Waals surface area (Å²) < 4.78 is 31.1. The molecule has 0 aromatic heterocycles. The number of fused-ring (bicyclic) bond motifs is 1. The van der Waals surface area contributed by atoms with Crippen molar-refractivity contribution >= 4 is 33.3 Å². The molecule has 148 valence electrons. The third kappa shape index (κ3) is 4.17. The number of nitrogens with zero attached hydrogens (tertiary/aromatic N) is 1. The molecule has 7 nitrogen and oxygen atoms in total. The number of carbonyl (C=O) groups excluding carboxylic acids is 2. The monoisotopic (exact) mass is 402 g/mol. The summed E-state index contributed by atoms with van der Waals surface area (Å²) in [7, 11) is -3.33. The Morgan fingerprint density at radius 2 is 1.93 bits per heavy atom. The summed E-state index contributed by atoms with van der Waals surface area (Å²) in [5.41, 5.74) is 2.32. The highest BCUT2D eigenvalue weighted by atomic mass is 32.2. The van der Waals surface area contributed by atoms with Crippen LogP contribution in [0.1, 0.15) is 36.2 Å². The van der Waals surface area contributed by atoms with E-state index < -0.39 is 21.9 Å². The molecule has 0 fully saturated rings. The largest absolute Gasteiger partial charge is 0.426 e. The first-order chi connectivity index (χ1) is 13.3. The van der Waals surface area contributed by atoms with Crippen LogP contribution in [0, 0.1) is 0 Å². The highest BCUT2D eigenvalue weighted by Gasteiger charge is 2.26. The molecule has 0 atom stereocenters. The summed E-state index contributed by atoms with van der Waals surface area (Å²) in [6.07, 6.45) is 1.46. The van der Waals surface area contributed by atoms with E-state index in [2.05, 4.69) is 5.32 Å². The van der Waals surface area contributed by atoms with Crippen LogP contribution in [0.2, 0.25) is 0 Å². The minimum atomic E-state index is -3.33. The van der Waals surface area contributed by atoms with Gasteiger partial charge in [-0.05, 0) is 55.7 Å². The molecule has 0 saturated heterocycles. The van der Waals surface area contributed by atoms with Crippen LogP contribution in [-0.4, -0.2) is 32.6 Å². The molecule has 1 heterocycles. The van der Waals surface area contributed by atoms with Gasteiger partial charge in [0.25, 0.3) is 5.91 Å². The minimum Gasteiger partial charge on any atom is -0.426 e. The van der Waals surface area contributed by atoms with Gasteiger partial charge >= 0.3 is 5.97 Å². The Morgan fingerprint density at radius 1 is 1.18 bits per heavy atom. The third-order valence-electron chi connectivity index (χ3n) is 4.50. The molecule has 1 aliphatic heterocycles. The molecule has 0 radical (unpaired) electrons. The first-order valence-electron chi connectivity index (χ1n) is 9.04. The summed E-state index contributed by atoms with van der Waals surface area (Å²) >= 11 is 0. The van der Waals surface area contributed by atoms with Gasteiger partial charge in [0.1, 0.15) is 5.75 Å². The van der Waals surface area contributed by atoms with Crippen LogP contribution in [0.5, 0.6) is 5.75 Å². The van der Waals surface area contributed by atoms with Crippen molar-refractivity contribution < 1.29 is 22.7 Å². The van der Waals surface area contributed by atoms with Crippen molar-refractivity contribution in [1.82, 2.24) is 0 Å². The number of rotatable bonds is 5. The van der Waals surface area contributed by atoms with E-state index in [-0.39, 0.29) is 17.1 Å². The van der Waals surface area contributed by atoms with E-state index in [1.165, 1.54) is 11.2 Å². The quantitative estimate of drug-likeness (QED) is 0.613. The highest BCUT2D eigenvalue weighted by Crippen LogP contribution is 2.32. The van der Waals surface area contributed by atoms with E-state index in [0.29, 0.717) is 17.9 Å². The SMILES string of the molecule is CCS(=O)(=O)N1CCCc2cc(NC(=O)c3ccccc3OC(C)=O)ccc21. The predicted octanol–water partition coefficient (Wildman–Crippen LogP) is 2.97. The lowest BCUT2D eigenvalue weighted by Crippen LogP contribution is -2.36. The van der Waals surface area contributed by atoms with Crippen molar-refractivity contribution in [1.29, 1.82) is 0 Å². The molecule has 2 aromatic carbocycles. The van der Waals surface area contributed by atoms with E-state index in [0.717, 1.165) is 18.4 Å². The van der Waals surface area contributed by atoms with E-state index in [1.54, 1.807) is 49.4 Å². The molecule has 3 rings (SSSR count). The predicted molar refractivity (Wildman–Crippen MR) is 107 cm³/mol. The number of para-hydroxylation sites is 1. The maximum absolute atomic E-state index is 12.6. The second-order valence-corrected chi connectivity index (χ2v) is 8.65. The Kier molecular flexibility index (Phi) is 5.69. The second kappa shape index (κ2) is 8.02. The number of esters is 1. The molecule has 0 unspecified atom stereocenters. The van der Waals surface area contributed by atoms with Gasteiger partial charge < -0.3 is 10.1 Å². The lowest BCUT2D eigenvalue weighted by atomic mass is 10.0. The van der Waals surface area contributed by atoms with Crippen LogP contribution < -0.4 is 14.4 Å². The molecule has 0 saturated carbocycles. The fourth-order valence-corrected chi connectivity index (χ4v) is 4.38. The summed E-state index contributed by atoms with van der Waals surface area (Å²) in [6.45, 7) is 3.36. The molecule has 0 aliphatic carbocycles. The number of anilines is 2. The average Bonchev–Trinajstić information content (AvgIpc) is 2.67. The fourth-order valence-electron chi connectivity index (χ4n) is 3.18. The first-order valence-corrected chi connectivity index (χ1v) is 10.6. The highest BCUT2D eigenvalue weighted by molar-refractivity contribution is 7.92. The van der Waals surface area contributed by atoms with Gasteiger partial charge in [-0.25, -0.2) is 8.42 Å². The summed E-state index contributed by atoms with van der Waals surface area (Å²) in [5, 5.41) is 2.79. The standard InChI is InChI=1S/C20H22N2O5S/c1-3-28(25,26)22-12-6-7-15-13-16(10-11-18(15)22)21-20(24)17-8-4-5-9-19(17)27-14(2)23/h4-5,8-11,13H,3,6-7,12H2,1-2H3,(H,21,24). The fraction of sp³-hybridized carbons (Fsp3) is 0.300. The number of amides is 1. The third-order valence-corrected chi connectivity index (χ3v) is 6.28. The van der Waals surface area contributed by atoms with Crippen LogP contribution in [0.15, 0.2) is 42.5 Å². The Labute approximate surface area is 164 Å². The molecule has 8 heteroatoms. The molecule has 0 bridgehead atoms. The van der Waals surface area contributed by atoms with Gasteiger partial charge in [-0.1, -0.05) is 12.1 Å². The van der Waals surface area contributed by atoms with E-state index in [1.807, 2.05) is 0 Å². The Balaban J connectivity index is 1.85. The van der Waals surface area contributed by atoms with E-state index >= 15 is 0 Å². The van der Waals surface area contributed by atoms with Gasteiger partial charge in [-0.3, -0.25) is 13.9 Å². The van der Waals surface area contributed by atoms with Gasteiger partial charge in [0.2, 0.25) is 10.0 Å². The maximum Gasteiger partial charge on any atom is 0.308 e. The Morgan fingerprint density at radius 3 is 2.64 bits per heavy atom. The Hall–Kier alpha value is -2.87. The number of aryl methyl sites for hydroxylation is 1. The van der Waals surface area contributed by atoms with Crippen molar-refractivity contribution in [2.45, 2.75) is 26.7 Å². The number of ether oxygens (including phenoxy) is 1. The van der Waals surface area contributed by atoms with Crippen molar-refractivity contribution in [3.63, 3.8) is 0 Å². The zero-order valence-corrected chi connectivity index (χ0v) is 16.6. The number of carbonyl (C=O) groups is 2. The number of sulfonamides is 1. The van der Waals surface area contributed by atoms with Crippen LogP contribution in [-0.2, 0) is 21.2 Å². The number of hydrogen-bond donors (Lipinski definition) is 1. The van der Waals surface area contributed by atoms with Crippen molar-refractivity contribution in [3.8, 4) is 5.75 Å². The van der Waals surface area contributed by atoms with Crippen LogP contribution in [0.25, 0.3) is 0 Å². The summed E-state index contributed by atoms with van der Waals surface area (Å²) in [4.78, 5) is 23.9. The zero-order valence-electron chi connectivity index (χ0n) is 15.8. The molecular formula is C20H22N2O5S. The lowest BCUT2D eigenvalue weighted by molar-refractivity contribution is -0.131. The van der Waals surface area contributed by atoms with Gasteiger partial charge in [0, 0.05) is 19.2 Å². The van der Waals surface area contributed by atoms with Gasteiger partial charge in [0.15, 0.2) is 0 Å². The topological polar surface area (TPSA) is 92.8 Å². The Bertz CT molecular complexity index is 1020. The number of benzene rings is 2. The average molecular weight is 402 g/mol. The number of nitrogens with one attached hydrogen (secondary N) is 1. The summed E-state index contributed by atoms with van der Waals surface area (Å²) in [6, 6.07) is 11.7. The second-order valence-electron chi connectivity index (χ2n) is 6.46. The smallest absolute Gasteiger partial charge is 0.308 e. The van der Waals surface area contributed by atoms with Gasteiger partial charge in [-0.15, -0.1) is 0 Å². The van der Waals surface area contributed by atoms with E-state index in [4.69, 9.17) is 4.74 Å². The zero-order chi connectivity index (χ0) is 20.3. The van der Waals surface area contributed by atoms with Gasteiger partial charge in [-0.2, -0.15) is 0 Å². The maximum atomic E-state index is 12.6. The molecule has 0 spiro atoms. The van der Waals surface area contributed by atoms with Crippen LogP contribution in [0.3, 0.4) is 0 Å². The molecule has 28 heavy (non-hydrogen) atoms. The van der Waals surface area contributed by atoms with Crippen molar-refractivity contribution in [2.24, 2.45) is 0 Å². The minimum absolute atomic E-state index is 0.0395. The molecular weight excluding hydrogens is 380 g/mol. The van der Waals surface area contributed by atoms with Crippen molar-refractivity contribution in [2.75, 3.05) is 21.9 Å². The first kappa shape index (κ1) is 19.9. The molecule has 2 aromatic rings.